The predicted octanol–water partition coefficient (Wildman–Crippen LogP) is 2.81. The van der Waals surface area contributed by atoms with E-state index in [1.807, 2.05) is 0 Å². The predicted molar refractivity (Wildman–Crippen MR) is 71.9 cm³/mol. The zero-order valence-electron chi connectivity index (χ0n) is 11.5. The molecule has 0 amide bonds. The molecule has 5 atom stereocenters. The number of hydrogen-bond donors (Lipinski definition) is 2. The fraction of sp³-hybridized carbons (Fsp3) is 1.00. The lowest BCUT2D eigenvalue weighted by Crippen LogP contribution is -2.42. The third-order valence-corrected chi connectivity index (χ3v) is 5.12. The van der Waals surface area contributed by atoms with E-state index in [1.165, 1.54) is 38.5 Å². The highest BCUT2D eigenvalue weighted by molar-refractivity contribution is 4.84. The lowest BCUT2D eigenvalue weighted by atomic mass is 9.79. The smallest absolute Gasteiger partial charge is 0.0462 e. The van der Waals surface area contributed by atoms with Gasteiger partial charge in [-0.15, -0.1) is 0 Å². The number of rotatable bonds is 4. The molecule has 2 N–H and O–H groups in total. The highest BCUT2D eigenvalue weighted by Gasteiger charge is 2.29. The normalized spacial score (nSPS) is 42.9. The van der Waals surface area contributed by atoms with Crippen molar-refractivity contribution in [3.8, 4) is 0 Å². The standard InChI is InChI=1S/C15H29NO/c1-11-6-7-15(12(2)8-11)16-9-13-4-3-5-14(13)10-17/h11-17H,3-10H2,1-2H3. The second-order valence-electron chi connectivity index (χ2n) is 6.54. The van der Waals surface area contributed by atoms with Crippen molar-refractivity contribution in [3.05, 3.63) is 0 Å². The maximum atomic E-state index is 9.33. The van der Waals surface area contributed by atoms with Crippen molar-refractivity contribution in [2.45, 2.75) is 58.4 Å². The van der Waals surface area contributed by atoms with E-state index in [1.54, 1.807) is 0 Å². The molecule has 0 aromatic carbocycles. The van der Waals surface area contributed by atoms with Crippen molar-refractivity contribution < 1.29 is 5.11 Å². The molecule has 0 aromatic rings. The summed E-state index contributed by atoms with van der Waals surface area (Å²) in [6, 6.07) is 0.728. The van der Waals surface area contributed by atoms with E-state index < -0.39 is 0 Å². The Morgan fingerprint density at radius 2 is 1.82 bits per heavy atom. The summed E-state index contributed by atoms with van der Waals surface area (Å²) < 4.78 is 0. The van der Waals surface area contributed by atoms with Gasteiger partial charge in [0.05, 0.1) is 0 Å². The average Bonchev–Trinajstić information content (AvgIpc) is 2.75. The summed E-state index contributed by atoms with van der Waals surface area (Å²) in [5.41, 5.74) is 0. The van der Waals surface area contributed by atoms with Gasteiger partial charge in [0.2, 0.25) is 0 Å². The van der Waals surface area contributed by atoms with Crippen molar-refractivity contribution in [2.24, 2.45) is 23.7 Å². The van der Waals surface area contributed by atoms with Gasteiger partial charge in [-0.25, -0.2) is 0 Å². The van der Waals surface area contributed by atoms with Crippen LogP contribution in [0.5, 0.6) is 0 Å². The van der Waals surface area contributed by atoms with Crippen molar-refractivity contribution in [1.82, 2.24) is 5.32 Å². The maximum Gasteiger partial charge on any atom is 0.0462 e. The number of hydrogen-bond acceptors (Lipinski definition) is 2. The fourth-order valence-electron chi connectivity index (χ4n) is 3.89. The lowest BCUT2D eigenvalue weighted by molar-refractivity contribution is 0.176. The van der Waals surface area contributed by atoms with Gasteiger partial charge in [0.1, 0.15) is 0 Å². The van der Waals surface area contributed by atoms with E-state index in [2.05, 4.69) is 19.2 Å². The highest BCUT2D eigenvalue weighted by Crippen LogP contribution is 2.32. The van der Waals surface area contributed by atoms with Crippen LogP contribution in [-0.4, -0.2) is 24.3 Å². The van der Waals surface area contributed by atoms with Crippen molar-refractivity contribution >= 4 is 0 Å². The summed E-state index contributed by atoms with van der Waals surface area (Å²) in [6.45, 7) is 6.30. The molecule has 0 bridgehead atoms. The van der Waals surface area contributed by atoms with E-state index in [9.17, 15) is 5.11 Å². The maximum absolute atomic E-state index is 9.33. The monoisotopic (exact) mass is 239 g/mol. The Morgan fingerprint density at radius 1 is 1.06 bits per heavy atom. The second-order valence-corrected chi connectivity index (χ2v) is 6.54. The summed E-state index contributed by atoms with van der Waals surface area (Å²) in [5.74, 6) is 3.04. The Labute approximate surface area is 106 Å². The highest BCUT2D eigenvalue weighted by atomic mass is 16.3. The van der Waals surface area contributed by atoms with E-state index in [0.29, 0.717) is 12.5 Å². The SMILES string of the molecule is CC1CCC(NCC2CCCC2CO)C(C)C1. The molecule has 2 saturated carbocycles. The van der Waals surface area contributed by atoms with Crippen LogP contribution in [0.3, 0.4) is 0 Å². The molecule has 0 aliphatic heterocycles. The molecule has 2 nitrogen and oxygen atoms in total. The zero-order valence-corrected chi connectivity index (χ0v) is 11.5. The molecule has 2 fully saturated rings. The first kappa shape index (κ1) is 13.4. The average molecular weight is 239 g/mol. The van der Waals surface area contributed by atoms with Crippen LogP contribution in [0.15, 0.2) is 0 Å². The Morgan fingerprint density at radius 3 is 2.53 bits per heavy atom. The Bertz CT molecular complexity index is 231. The summed E-state index contributed by atoms with van der Waals surface area (Å²) in [7, 11) is 0. The Kier molecular flexibility index (Phi) is 4.87. The molecule has 0 radical (unpaired) electrons. The molecular weight excluding hydrogens is 210 g/mol. The molecular formula is C15H29NO. The third-order valence-electron chi connectivity index (χ3n) is 5.12. The van der Waals surface area contributed by atoms with Crippen LogP contribution in [0, 0.1) is 23.7 Å². The summed E-state index contributed by atoms with van der Waals surface area (Å²) in [4.78, 5) is 0. The minimum absolute atomic E-state index is 0.392. The van der Waals surface area contributed by atoms with Crippen LogP contribution in [-0.2, 0) is 0 Å². The number of aliphatic hydroxyl groups is 1. The summed E-state index contributed by atoms with van der Waals surface area (Å²) >= 11 is 0. The van der Waals surface area contributed by atoms with Crippen molar-refractivity contribution in [1.29, 1.82) is 0 Å². The van der Waals surface area contributed by atoms with Gasteiger partial charge in [-0.1, -0.05) is 20.3 Å². The second kappa shape index (κ2) is 6.19. The fourth-order valence-corrected chi connectivity index (χ4v) is 3.89. The van der Waals surface area contributed by atoms with Gasteiger partial charge >= 0.3 is 0 Å². The van der Waals surface area contributed by atoms with Crippen LogP contribution in [0.25, 0.3) is 0 Å². The largest absolute Gasteiger partial charge is 0.396 e. The first-order valence-electron chi connectivity index (χ1n) is 7.55. The van der Waals surface area contributed by atoms with Gasteiger partial charge in [0.15, 0.2) is 0 Å². The first-order chi connectivity index (χ1) is 8.20. The van der Waals surface area contributed by atoms with Gasteiger partial charge in [-0.2, -0.15) is 0 Å². The molecule has 0 aromatic heterocycles. The van der Waals surface area contributed by atoms with Crippen LogP contribution in [0.1, 0.15) is 52.4 Å². The third kappa shape index (κ3) is 3.45. The van der Waals surface area contributed by atoms with Crippen LogP contribution in [0.2, 0.25) is 0 Å². The molecule has 2 rings (SSSR count). The molecule has 0 saturated heterocycles. The van der Waals surface area contributed by atoms with E-state index in [0.717, 1.165) is 30.3 Å². The molecule has 100 valence electrons. The molecule has 0 heterocycles. The molecule has 2 aliphatic rings. The molecule has 17 heavy (non-hydrogen) atoms. The van der Waals surface area contributed by atoms with Crippen molar-refractivity contribution in [2.75, 3.05) is 13.2 Å². The quantitative estimate of drug-likeness (QED) is 0.790. The van der Waals surface area contributed by atoms with Gasteiger partial charge in [0.25, 0.3) is 0 Å². The van der Waals surface area contributed by atoms with E-state index in [4.69, 9.17) is 0 Å². The van der Waals surface area contributed by atoms with Gasteiger partial charge < -0.3 is 10.4 Å². The molecule has 5 unspecified atom stereocenters. The molecule has 2 aliphatic carbocycles. The molecule has 2 heteroatoms. The lowest BCUT2D eigenvalue weighted by Gasteiger charge is -2.34. The molecule has 0 spiro atoms. The van der Waals surface area contributed by atoms with E-state index >= 15 is 0 Å². The minimum Gasteiger partial charge on any atom is -0.396 e. The van der Waals surface area contributed by atoms with Crippen LogP contribution < -0.4 is 5.32 Å². The minimum atomic E-state index is 0.392. The van der Waals surface area contributed by atoms with Gasteiger partial charge in [-0.3, -0.25) is 0 Å². The Hall–Kier alpha value is -0.0800. The van der Waals surface area contributed by atoms with E-state index in [-0.39, 0.29) is 0 Å². The van der Waals surface area contributed by atoms with Gasteiger partial charge in [-0.05, 0) is 62.3 Å². The summed E-state index contributed by atoms with van der Waals surface area (Å²) in [5, 5.41) is 13.1. The first-order valence-corrected chi connectivity index (χ1v) is 7.55. The van der Waals surface area contributed by atoms with Gasteiger partial charge in [0, 0.05) is 12.6 Å². The van der Waals surface area contributed by atoms with Crippen molar-refractivity contribution in [3.63, 3.8) is 0 Å². The van der Waals surface area contributed by atoms with Crippen LogP contribution >= 0.6 is 0 Å². The number of nitrogens with one attached hydrogen (secondary N) is 1. The van der Waals surface area contributed by atoms with Crippen LogP contribution in [0.4, 0.5) is 0 Å². The zero-order chi connectivity index (χ0) is 12.3. The number of aliphatic hydroxyl groups excluding tert-OH is 1. The summed E-state index contributed by atoms with van der Waals surface area (Å²) in [6.07, 6.45) is 7.98. The Balaban J connectivity index is 1.74. The topological polar surface area (TPSA) is 32.3 Å².